The normalized spacial score (nSPS) is 19.5. The summed E-state index contributed by atoms with van der Waals surface area (Å²) >= 11 is 5.90. The van der Waals surface area contributed by atoms with Gasteiger partial charge in [-0.1, -0.05) is 17.7 Å². The molecule has 6 heteroatoms. The van der Waals surface area contributed by atoms with E-state index >= 15 is 0 Å². The second-order valence-electron chi connectivity index (χ2n) is 6.27. The average Bonchev–Trinajstić information content (AvgIpc) is 2.98. The fraction of sp³-hybridized carbons (Fsp3) is 0.529. The highest BCUT2D eigenvalue weighted by molar-refractivity contribution is 6.31. The van der Waals surface area contributed by atoms with Crippen LogP contribution in [0.15, 0.2) is 12.1 Å². The summed E-state index contributed by atoms with van der Waals surface area (Å²) in [6, 6.07) is 3.36. The van der Waals surface area contributed by atoms with Crippen LogP contribution >= 0.6 is 11.6 Å². The second-order valence-corrected chi connectivity index (χ2v) is 6.65. The summed E-state index contributed by atoms with van der Waals surface area (Å²) in [5, 5.41) is 0.00778. The van der Waals surface area contributed by atoms with Crippen molar-refractivity contribution in [2.24, 2.45) is 0 Å². The van der Waals surface area contributed by atoms with E-state index in [0.29, 0.717) is 25.1 Å². The van der Waals surface area contributed by atoms with E-state index < -0.39 is 5.82 Å². The van der Waals surface area contributed by atoms with Crippen molar-refractivity contribution in [3.63, 3.8) is 0 Å². The Kier molecular flexibility index (Phi) is 4.57. The molecule has 2 aliphatic rings. The van der Waals surface area contributed by atoms with E-state index in [2.05, 4.69) is 0 Å². The maximum absolute atomic E-state index is 14.2. The van der Waals surface area contributed by atoms with Crippen molar-refractivity contribution in [3.05, 3.63) is 34.1 Å². The van der Waals surface area contributed by atoms with Crippen molar-refractivity contribution < 1.29 is 14.0 Å². The van der Waals surface area contributed by atoms with Crippen molar-refractivity contribution >= 4 is 23.4 Å². The number of piperidine rings is 1. The smallest absolute Gasteiger partial charge is 0.256 e. The molecule has 4 nitrogen and oxygen atoms in total. The first kappa shape index (κ1) is 16.2. The number of aryl methyl sites for hydroxylation is 1. The Hall–Kier alpha value is -1.62. The molecule has 2 fully saturated rings. The van der Waals surface area contributed by atoms with Gasteiger partial charge in [0.25, 0.3) is 5.91 Å². The number of nitrogens with zero attached hydrogens (tertiary/aromatic N) is 2. The molecule has 3 rings (SSSR count). The zero-order chi connectivity index (χ0) is 16.6. The molecule has 2 aliphatic heterocycles. The van der Waals surface area contributed by atoms with Gasteiger partial charge in [-0.25, -0.2) is 4.39 Å². The van der Waals surface area contributed by atoms with Gasteiger partial charge in [-0.15, -0.1) is 0 Å². The van der Waals surface area contributed by atoms with E-state index in [1.807, 2.05) is 4.90 Å². The summed E-state index contributed by atoms with van der Waals surface area (Å²) < 4.78 is 14.2. The molecule has 1 aromatic rings. The van der Waals surface area contributed by atoms with Crippen molar-refractivity contribution in [3.8, 4) is 0 Å². The van der Waals surface area contributed by atoms with Gasteiger partial charge < -0.3 is 9.80 Å². The molecular weight excluding hydrogens is 319 g/mol. The summed E-state index contributed by atoms with van der Waals surface area (Å²) in [7, 11) is 0. The summed E-state index contributed by atoms with van der Waals surface area (Å²) in [5.74, 6) is -0.754. The molecule has 0 bridgehead atoms. The highest BCUT2D eigenvalue weighted by atomic mass is 35.5. The van der Waals surface area contributed by atoms with Gasteiger partial charge in [0.15, 0.2) is 5.82 Å². The lowest BCUT2D eigenvalue weighted by Gasteiger charge is -2.36. The standard InChI is InChI=1S/C17H20ClFN2O2/c1-11-4-5-13(16(19)15(11)18)17(23)20-9-6-12(7-10-20)21-8-2-3-14(21)22/h4-5,12H,2-3,6-10H2,1H3. The van der Waals surface area contributed by atoms with E-state index in [1.54, 1.807) is 17.9 Å². The molecule has 124 valence electrons. The molecule has 0 atom stereocenters. The van der Waals surface area contributed by atoms with Crippen LogP contribution in [0.1, 0.15) is 41.6 Å². The minimum Gasteiger partial charge on any atom is -0.340 e. The Bertz CT molecular complexity index is 642. The van der Waals surface area contributed by atoms with Gasteiger partial charge in [-0.3, -0.25) is 9.59 Å². The molecule has 1 aromatic carbocycles. The quantitative estimate of drug-likeness (QED) is 0.831. The van der Waals surface area contributed by atoms with Crippen LogP contribution in [-0.4, -0.2) is 47.3 Å². The van der Waals surface area contributed by atoms with Crippen molar-refractivity contribution in [1.29, 1.82) is 0 Å². The van der Waals surface area contributed by atoms with E-state index in [-0.39, 0.29) is 28.4 Å². The number of benzene rings is 1. The van der Waals surface area contributed by atoms with Crippen LogP contribution in [0, 0.1) is 12.7 Å². The third-order valence-corrected chi connectivity index (χ3v) is 5.27. The predicted octanol–water partition coefficient (Wildman–Crippen LogP) is 3.01. The monoisotopic (exact) mass is 338 g/mol. The summed E-state index contributed by atoms with van der Waals surface area (Å²) in [5.41, 5.74) is 0.642. The van der Waals surface area contributed by atoms with E-state index in [4.69, 9.17) is 11.6 Å². The first-order valence-corrected chi connectivity index (χ1v) is 8.40. The third-order valence-electron chi connectivity index (χ3n) is 4.81. The van der Waals surface area contributed by atoms with Crippen LogP contribution in [0.3, 0.4) is 0 Å². The predicted molar refractivity (Wildman–Crippen MR) is 86.0 cm³/mol. The highest BCUT2D eigenvalue weighted by Gasteiger charge is 2.32. The first-order valence-electron chi connectivity index (χ1n) is 8.02. The Morgan fingerprint density at radius 2 is 1.96 bits per heavy atom. The second kappa shape index (κ2) is 6.48. The Morgan fingerprint density at radius 3 is 2.57 bits per heavy atom. The van der Waals surface area contributed by atoms with Gasteiger partial charge in [0, 0.05) is 32.1 Å². The molecule has 23 heavy (non-hydrogen) atoms. The molecular formula is C17H20ClFN2O2. The molecule has 0 unspecified atom stereocenters. The van der Waals surface area contributed by atoms with Gasteiger partial charge in [0.05, 0.1) is 10.6 Å². The van der Waals surface area contributed by atoms with Crippen LogP contribution in [-0.2, 0) is 4.79 Å². The Labute approximate surface area is 140 Å². The van der Waals surface area contributed by atoms with Gasteiger partial charge in [0.1, 0.15) is 0 Å². The lowest BCUT2D eigenvalue weighted by atomic mass is 10.0. The molecule has 0 radical (unpaired) electrons. The molecule has 0 aromatic heterocycles. The van der Waals surface area contributed by atoms with Gasteiger partial charge in [-0.2, -0.15) is 0 Å². The Morgan fingerprint density at radius 1 is 1.26 bits per heavy atom. The molecule has 0 N–H and O–H groups in total. The minimum absolute atomic E-state index is 0.00778. The number of carbonyl (C=O) groups excluding carboxylic acids is 2. The van der Waals surface area contributed by atoms with Gasteiger partial charge in [-0.05, 0) is 37.8 Å². The number of carbonyl (C=O) groups is 2. The van der Waals surface area contributed by atoms with Crippen LogP contribution < -0.4 is 0 Å². The molecule has 2 saturated heterocycles. The molecule has 0 spiro atoms. The molecule has 2 heterocycles. The third kappa shape index (κ3) is 3.07. The first-order chi connectivity index (χ1) is 11.0. The molecule has 2 amide bonds. The van der Waals surface area contributed by atoms with Crippen molar-refractivity contribution in [2.45, 2.75) is 38.6 Å². The average molecular weight is 339 g/mol. The van der Waals surface area contributed by atoms with Gasteiger partial charge in [0.2, 0.25) is 5.91 Å². The number of likely N-dealkylation sites (tertiary alicyclic amines) is 2. The molecule has 0 saturated carbocycles. The zero-order valence-electron chi connectivity index (χ0n) is 13.1. The summed E-state index contributed by atoms with van der Waals surface area (Å²) in [6.07, 6.45) is 3.05. The van der Waals surface area contributed by atoms with Crippen molar-refractivity contribution in [1.82, 2.24) is 9.80 Å². The zero-order valence-corrected chi connectivity index (χ0v) is 13.9. The lowest BCUT2D eigenvalue weighted by Crippen LogP contribution is -2.47. The SMILES string of the molecule is Cc1ccc(C(=O)N2CCC(N3CCCC3=O)CC2)c(F)c1Cl. The highest BCUT2D eigenvalue weighted by Crippen LogP contribution is 2.26. The van der Waals surface area contributed by atoms with E-state index in [0.717, 1.165) is 25.8 Å². The van der Waals surface area contributed by atoms with Gasteiger partial charge >= 0.3 is 0 Å². The topological polar surface area (TPSA) is 40.6 Å². The Balaban J connectivity index is 1.67. The fourth-order valence-corrected chi connectivity index (χ4v) is 3.58. The maximum Gasteiger partial charge on any atom is 0.256 e. The summed E-state index contributed by atoms with van der Waals surface area (Å²) in [4.78, 5) is 27.9. The number of hydrogen-bond acceptors (Lipinski definition) is 2. The van der Waals surface area contributed by atoms with Crippen LogP contribution in [0.5, 0.6) is 0 Å². The summed E-state index contributed by atoms with van der Waals surface area (Å²) in [6.45, 7) is 3.61. The van der Waals surface area contributed by atoms with Crippen LogP contribution in [0.25, 0.3) is 0 Å². The largest absolute Gasteiger partial charge is 0.340 e. The van der Waals surface area contributed by atoms with Crippen LogP contribution in [0.2, 0.25) is 5.02 Å². The maximum atomic E-state index is 14.2. The number of hydrogen-bond donors (Lipinski definition) is 0. The van der Waals surface area contributed by atoms with Crippen molar-refractivity contribution in [2.75, 3.05) is 19.6 Å². The lowest BCUT2D eigenvalue weighted by molar-refractivity contribution is -0.130. The van der Waals surface area contributed by atoms with E-state index in [9.17, 15) is 14.0 Å². The number of amides is 2. The fourth-order valence-electron chi connectivity index (χ4n) is 3.42. The van der Waals surface area contributed by atoms with Crippen LogP contribution in [0.4, 0.5) is 4.39 Å². The minimum atomic E-state index is -0.645. The van der Waals surface area contributed by atoms with E-state index in [1.165, 1.54) is 6.07 Å². The molecule has 0 aliphatic carbocycles. The number of halogens is 2. The number of rotatable bonds is 2.